The van der Waals surface area contributed by atoms with Crippen molar-refractivity contribution in [1.82, 2.24) is 0 Å². The number of allylic oxidation sites excluding steroid dienone is 2. The monoisotopic (exact) mass is 328 g/mol. The van der Waals surface area contributed by atoms with Gasteiger partial charge in [0, 0.05) is 0 Å². The summed E-state index contributed by atoms with van der Waals surface area (Å²) in [6.07, 6.45) is 7.77. The molecule has 0 atom stereocenters. The Balaban J connectivity index is 0.000000240. The molecule has 0 unspecified atom stereocenters. The van der Waals surface area contributed by atoms with E-state index in [0.29, 0.717) is 11.5 Å². The third-order valence-corrected chi connectivity index (χ3v) is 3.13. The number of phenols is 2. The van der Waals surface area contributed by atoms with Crippen molar-refractivity contribution >= 4 is 12.2 Å². The normalized spacial score (nSPS) is 10.5. The van der Waals surface area contributed by atoms with Crippen LogP contribution in [0.4, 0.5) is 0 Å². The number of phenolic OH excluding ortho intramolecular Hbond substituents is 2. The van der Waals surface area contributed by atoms with Gasteiger partial charge < -0.3 is 19.7 Å². The van der Waals surface area contributed by atoms with Gasteiger partial charge in [0.1, 0.15) is 0 Å². The summed E-state index contributed by atoms with van der Waals surface area (Å²) in [7, 11) is 3.07. The molecule has 0 saturated heterocycles. The lowest BCUT2D eigenvalue weighted by Gasteiger charge is -2.03. The number of hydrogen-bond donors (Lipinski definition) is 2. The molecule has 4 nitrogen and oxygen atoms in total. The van der Waals surface area contributed by atoms with E-state index in [1.807, 2.05) is 50.3 Å². The Morgan fingerprint density at radius 2 is 1.08 bits per heavy atom. The first-order valence-corrected chi connectivity index (χ1v) is 7.55. The Labute approximate surface area is 143 Å². The van der Waals surface area contributed by atoms with Crippen molar-refractivity contribution in [3.63, 3.8) is 0 Å². The van der Waals surface area contributed by atoms with Crippen molar-refractivity contribution < 1.29 is 19.7 Å². The van der Waals surface area contributed by atoms with Gasteiger partial charge in [0.15, 0.2) is 23.0 Å². The van der Waals surface area contributed by atoms with Gasteiger partial charge in [-0.2, -0.15) is 0 Å². The summed E-state index contributed by atoms with van der Waals surface area (Å²) >= 11 is 0. The molecule has 0 aliphatic carbocycles. The predicted octanol–water partition coefficient (Wildman–Crippen LogP) is 4.87. The first kappa shape index (κ1) is 19.2. The maximum atomic E-state index is 9.25. The van der Waals surface area contributed by atoms with Crippen LogP contribution in [-0.2, 0) is 0 Å². The summed E-state index contributed by atoms with van der Waals surface area (Å²) in [5.41, 5.74) is 2.04. The minimum absolute atomic E-state index is 0.172. The van der Waals surface area contributed by atoms with Gasteiger partial charge >= 0.3 is 0 Å². The van der Waals surface area contributed by atoms with Crippen LogP contribution in [-0.4, -0.2) is 24.4 Å². The maximum absolute atomic E-state index is 9.25. The van der Waals surface area contributed by atoms with Crippen LogP contribution in [0.5, 0.6) is 23.0 Å². The standard InChI is InChI=1S/2C10H12O2/c2*1-3-4-8-5-6-9(11)10(7-8)12-2/h2*3-7,11H,1-2H3/b2*4-3+. The van der Waals surface area contributed by atoms with Gasteiger partial charge in [0.2, 0.25) is 0 Å². The SMILES string of the molecule is C/C=C/c1ccc(O)c(OC)c1.C/C=C/c1ccc(O)c(OC)c1. The number of benzene rings is 2. The van der Waals surface area contributed by atoms with E-state index >= 15 is 0 Å². The molecule has 24 heavy (non-hydrogen) atoms. The van der Waals surface area contributed by atoms with Gasteiger partial charge in [-0.1, -0.05) is 36.4 Å². The minimum atomic E-state index is 0.172. The van der Waals surface area contributed by atoms with Gasteiger partial charge in [-0.25, -0.2) is 0 Å². The molecule has 0 radical (unpaired) electrons. The van der Waals surface area contributed by atoms with Crippen LogP contribution in [0, 0.1) is 0 Å². The molecule has 0 saturated carbocycles. The molecule has 128 valence electrons. The smallest absolute Gasteiger partial charge is 0.161 e. The van der Waals surface area contributed by atoms with Crippen LogP contribution in [0.25, 0.3) is 12.2 Å². The van der Waals surface area contributed by atoms with Crippen molar-refractivity contribution in [2.75, 3.05) is 14.2 Å². The highest BCUT2D eigenvalue weighted by atomic mass is 16.5. The molecule has 0 aliphatic heterocycles. The van der Waals surface area contributed by atoms with Crippen molar-refractivity contribution in [3.8, 4) is 23.0 Å². The van der Waals surface area contributed by atoms with Crippen LogP contribution in [0.15, 0.2) is 48.6 Å². The molecule has 2 aromatic rings. The number of methoxy groups -OCH3 is 2. The molecular weight excluding hydrogens is 304 g/mol. The summed E-state index contributed by atoms with van der Waals surface area (Å²) < 4.78 is 9.90. The van der Waals surface area contributed by atoms with Gasteiger partial charge in [-0.05, 0) is 49.2 Å². The molecule has 2 N–H and O–H groups in total. The zero-order chi connectivity index (χ0) is 17.9. The first-order chi connectivity index (χ1) is 11.5. The summed E-state index contributed by atoms with van der Waals surface area (Å²) in [4.78, 5) is 0. The molecule has 2 aromatic carbocycles. The molecule has 0 spiro atoms. The number of ether oxygens (including phenoxy) is 2. The van der Waals surface area contributed by atoms with Crippen LogP contribution in [0.1, 0.15) is 25.0 Å². The Hall–Kier alpha value is -2.88. The topological polar surface area (TPSA) is 58.9 Å². The second-order valence-electron chi connectivity index (χ2n) is 4.86. The lowest BCUT2D eigenvalue weighted by atomic mass is 10.2. The summed E-state index contributed by atoms with van der Waals surface area (Å²) in [5.74, 6) is 1.35. The van der Waals surface area contributed by atoms with Crippen LogP contribution in [0.2, 0.25) is 0 Å². The molecular formula is C20H24O4. The second-order valence-corrected chi connectivity index (χ2v) is 4.86. The number of rotatable bonds is 4. The molecule has 0 aromatic heterocycles. The van der Waals surface area contributed by atoms with E-state index in [0.717, 1.165) is 11.1 Å². The highest BCUT2D eigenvalue weighted by Gasteiger charge is 2.00. The lowest BCUT2D eigenvalue weighted by molar-refractivity contribution is 0.373. The predicted molar refractivity (Wildman–Crippen MR) is 98.7 cm³/mol. The van der Waals surface area contributed by atoms with E-state index in [4.69, 9.17) is 9.47 Å². The van der Waals surface area contributed by atoms with E-state index in [1.165, 1.54) is 14.2 Å². The Morgan fingerprint density at radius 1 is 0.708 bits per heavy atom. The lowest BCUT2D eigenvalue weighted by Crippen LogP contribution is -1.83. The molecule has 0 aliphatic rings. The Bertz CT molecular complexity index is 641. The highest BCUT2D eigenvalue weighted by Crippen LogP contribution is 2.27. The van der Waals surface area contributed by atoms with Crippen molar-refractivity contribution in [2.24, 2.45) is 0 Å². The average Bonchev–Trinajstić information content (AvgIpc) is 2.59. The first-order valence-electron chi connectivity index (χ1n) is 7.55. The minimum Gasteiger partial charge on any atom is -0.504 e. The van der Waals surface area contributed by atoms with Gasteiger partial charge in [-0.15, -0.1) is 0 Å². The second kappa shape index (κ2) is 10.0. The fourth-order valence-corrected chi connectivity index (χ4v) is 1.98. The van der Waals surface area contributed by atoms with Gasteiger partial charge in [0.05, 0.1) is 14.2 Å². The van der Waals surface area contributed by atoms with Crippen molar-refractivity contribution in [2.45, 2.75) is 13.8 Å². The third kappa shape index (κ3) is 5.72. The number of hydrogen-bond acceptors (Lipinski definition) is 4. The Morgan fingerprint density at radius 3 is 1.38 bits per heavy atom. The zero-order valence-electron chi connectivity index (χ0n) is 14.5. The fraction of sp³-hybridized carbons (Fsp3) is 0.200. The van der Waals surface area contributed by atoms with Crippen LogP contribution < -0.4 is 9.47 Å². The molecule has 0 heterocycles. The van der Waals surface area contributed by atoms with E-state index in [2.05, 4.69) is 0 Å². The summed E-state index contributed by atoms with van der Waals surface area (Å²) in [5, 5.41) is 18.5. The van der Waals surface area contributed by atoms with E-state index in [-0.39, 0.29) is 11.5 Å². The fourth-order valence-electron chi connectivity index (χ4n) is 1.98. The van der Waals surface area contributed by atoms with E-state index in [1.54, 1.807) is 24.3 Å². The number of aromatic hydroxyl groups is 2. The van der Waals surface area contributed by atoms with Crippen LogP contribution >= 0.6 is 0 Å². The molecule has 0 amide bonds. The quantitative estimate of drug-likeness (QED) is 0.841. The summed E-state index contributed by atoms with van der Waals surface area (Å²) in [6.45, 7) is 3.89. The molecule has 2 rings (SSSR count). The maximum Gasteiger partial charge on any atom is 0.161 e. The van der Waals surface area contributed by atoms with E-state index < -0.39 is 0 Å². The Kier molecular flexibility index (Phi) is 7.99. The molecule has 4 heteroatoms. The van der Waals surface area contributed by atoms with Crippen molar-refractivity contribution in [1.29, 1.82) is 0 Å². The highest BCUT2D eigenvalue weighted by molar-refractivity contribution is 5.55. The van der Waals surface area contributed by atoms with Gasteiger partial charge in [0.25, 0.3) is 0 Å². The van der Waals surface area contributed by atoms with Gasteiger partial charge in [-0.3, -0.25) is 0 Å². The largest absolute Gasteiger partial charge is 0.504 e. The molecule has 0 bridgehead atoms. The summed E-state index contributed by atoms with van der Waals surface area (Å²) in [6, 6.07) is 10.5. The molecule has 0 fully saturated rings. The van der Waals surface area contributed by atoms with E-state index in [9.17, 15) is 10.2 Å². The van der Waals surface area contributed by atoms with Crippen molar-refractivity contribution in [3.05, 3.63) is 59.7 Å². The van der Waals surface area contributed by atoms with Crippen LogP contribution in [0.3, 0.4) is 0 Å². The third-order valence-electron chi connectivity index (χ3n) is 3.13. The average molecular weight is 328 g/mol. The zero-order valence-corrected chi connectivity index (χ0v) is 14.5.